The van der Waals surface area contributed by atoms with E-state index in [9.17, 15) is 4.79 Å². The zero-order valence-corrected chi connectivity index (χ0v) is 17.5. The summed E-state index contributed by atoms with van der Waals surface area (Å²) in [6.45, 7) is 0. The largest absolute Gasteiger partial charge is 0.494 e. The number of thioether (sulfide) groups is 1. The van der Waals surface area contributed by atoms with Crippen molar-refractivity contribution >= 4 is 46.0 Å². The van der Waals surface area contributed by atoms with Crippen LogP contribution in [0.2, 0.25) is 5.02 Å². The van der Waals surface area contributed by atoms with Gasteiger partial charge in [0.1, 0.15) is 22.8 Å². The lowest BCUT2D eigenvalue weighted by Crippen LogP contribution is -2.13. The predicted molar refractivity (Wildman–Crippen MR) is 118 cm³/mol. The molecule has 2 heterocycles. The monoisotopic (exact) mass is 440 g/mol. The molecule has 4 rings (SSSR count). The number of methoxy groups -OCH3 is 1. The topological polar surface area (TPSA) is 89.1 Å². The van der Waals surface area contributed by atoms with Crippen LogP contribution in [0, 0.1) is 0 Å². The van der Waals surface area contributed by atoms with Gasteiger partial charge in [0.25, 0.3) is 0 Å². The SMILES string of the molecule is COc1cc(Cl)cc2nc(SCC(=O)Nc3ccc(Oc4cccnc4)cc3)[nH]c12. The molecule has 2 N–H and O–H groups in total. The number of aromatic amines is 1. The van der Waals surface area contributed by atoms with Crippen LogP contribution in [0.15, 0.2) is 66.1 Å². The van der Waals surface area contributed by atoms with E-state index < -0.39 is 0 Å². The second kappa shape index (κ2) is 9.06. The van der Waals surface area contributed by atoms with Crippen LogP contribution in [0.25, 0.3) is 11.0 Å². The standard InChI is InChI=1S/C21H17ClN4O3S/c1-28-18-10-13(22)9-17-20(18)26-21(25-17)30-12-19(27)24-14-4-6-15(7-5-14)29-16-3-2-8-23-11-16/h2-11H,12H2,1H3,(H,24,27)(H,25,26). The van der Waals surface area contributed by atoms with Crippen LogP contribution < -0.4 is 14.8 Å². The van der Waals surface area contributed by atoms with Crippen molar-refractivity contribution in [2.24, 2.45) is 0 Å². The molecule has 0 aliphatic heterocycles. The Morgan fingerprint density at radius 1 is 1.20 bits per heavy atom. The van der Waals surface area contributed by atoms with Gasteiger partial charge in [0.15, 0.2) is 5.16 Å². The number of ether oxygens (including phenoxy) is 2. The Morgan fingerprint density at radius 3 is 2.77 bits per heavy atom. The molecule has 0 aliphatic carbocycles. The van der Waals surface area contributed by atoms with Gasteiger partial charge in [0.05, 0.1) is 24.6 Å². The highest BCUT2D eigenvalue weighted by molar-refractivity contribution is 7.99. The third-order valence-electron chi connectivity index (χ3n) is 4.07. The molecule has 152 valence electrons. The van der Waals surface area contributed by atoms with Crippen LogP contribution in [-0.2, 0) is 4.79 Å². The molecule has 0 fully saturated rings. The van der Waals surface area contributed by atoms with E-state index in [4.69, 9.17) is 21.1 Å². The van der Waals surface area contributed by atoms with E-state index in [1.807, 2.05) is 6.07 Å². The molecular formula is C21H17ClN4O3S. The van der Waals surface area contributed by atoms with Gasteiger partial charge in [-0.05, 0) is 42.5 Å². The molecular weight excluding hydrogens is 424 g/mol. The number of nitrogens with one attached hydrogen (secondary N) is 2. The van der Waals surface area contributed by atoms with Crippen LogP contribution in [0.5, 0.6) is 17.2 Å². The van der Waals surface area contributed by atoms with Crippen molar-refractivity contribution in [2.75, 3.05) is 18.2 Å². The Bertz CT molecular complexity index is 1170. The first-order valence-corrected chi connectivity index (χ1v) is 10.3. The number of rotatable bonds is 7. The van der Waals surface area contributed by atoms with Crippen molar-refractivity contribution in [3.05, 3.63) is 65.9 Å². The molecule has 0 unspecified atom stereocenters. The van der Waals surface area contributed by atoms with Crippen molar-refractivity contribution in [3.8, 4) is 17.2 Å². The fourth-order valence-electron chi connectivity index (χ4n) is 2.74. The summed E-state index contributed by atoms with van der Waals surface area (Å²) < 4.78 is 11.0. The van der Waals surface area contributed by atoms with Crippen LogP contribution >= 0.6 is 23.4 Å². The summed E-state index contributed by atoms with van der Waals surface area (Å²) in [6, 6.07) is 14.2. The smallest absolute Gasteiger partial charge is 0.234 e. The normalized spacial score (nSPS) is 10.7. The first kappa shape index (κ1) is 20.1. The van der Waals surface area contributed by atoms with Crippen LogP contribution in [0.3, 0.4) is 0 Å². The average molecular weight is 441 g/mol. The van der Waals surface area contributed by atoms with E-state index in [0.29, 0.717) is 38.6 Å². The maximum Gasteiger partial charge on any atom is 0.234 e. The highest BCUT2D eigenvalue weighted by atomic mass is 35.5. The summed E-state index contributed by atoms with van der Waals surface area (Å²) >= 11 is 7.36. The molecule has 1 amide bonds. The maximum absolute atomic E-state index is 12.3. The van der Waals surface area contributed by atoms with Crippen molar-refractivity contribution in [1.82, 2.24) is 15.0 Å². The van der Waals surface area contributed by atoms with Crippen molar-refractivity contribution < 1.29 is 14.3 Å². The second-order valence-electron chi connectivity index (χ2n) is 6.20. The molecule has 30 heavy (non-hydrogen) atoms. The molecule has 0 atom stereocenters. The number of carbonyl (C=O) groups excluding carboxylic acids is 1. The van der Waals surface area contributed by atoms with Crippen LogP contribution in [0.1, 0.15) is 0 Å². The molecule has 2 aromatic carbocycles. The van der Waals surface area contributed by atoms with Crippen molar-refractivity contribution in [3.63, 3.8) is 0 Å². The van der Waals surface area contributed by atoms with E-state index in [2.05, 4.69) is 20.3 Å². The minimum absolute atomic E-state index is 0.147. The summed E-state index contributed by atoms with van der Waals surface area (Å²) in [6.07, 6.45) is 3.31. The second-order valence-corrected chi connectivity index (χ2v) is 7.60. The molecule has 0 saturated heterocycles. The molecule has 0 spiro atoms. The van der Waals surface area contributed by atoms with Gasteiger partial charge < -0.3 is 19.8 Å². The molecule has 4 aromatic rings. The molecule has 0 bridgehead atoms. The maximum atomic E-state index is 12.3. The predicted octanol–water partition coefficient (Wildman–Crippen LogP) is 5.14. The number of benzene rings is 2. The fraction of sp³-hybridized carbons (Fsp3) is 0.0952. The van der Waals surface area contributed by atoms with Gasteiger partial charge in [-0.2, -0.15) is 0 Å². The highest BCUT2D eigenvalue weighted by Gasteiger charge is 2.12. The Morgan fingerprint density at radius 2 is 2.03 bits per heavy atom. The number of imidazole rings is 1. The number of H-pyrrole nitrogens is 1. The number of hydrogen-bond donors (Lipinski definition) is 2. The van der Waals surface area contributed by atoms with Crippen molar-refractivity contribution in [1.29, 1.82) is 0 Å². The summed E-state index contributed by atoms with van der Waals surface area (Å²) in [7, 11) is 1.57. The number of pyridine rings is 1. The Balaban J connectivity index is 1.34. The van der Waals surface area contributed by atoms with Gasteiger partial charge >= 0.3 is 0 Å². The first-order valence-electron chi connectivity index (χ1n) is 8.94. The number of carbonyl (C=O) groups is 1. The number of aromatic nitrogens is 3. The van der Waals surface area contributed by atoms with Gasteiger partial charge in [-0.1, -0.05) is 23.4 Å². The van der Waals surface area contributed by atoms with Gasteiger partial charge in [-0.3, -0.25) is 9.78 Å². The summed E-state index contributed by atoms with van der Waals surface area (Å²) in [5.41, 5.74) is 2.11. The first-order chi connectivity index (χ1) is 14.6. The average Bonchev–Trinajstić information content (AvgIpc) is 3.16. The Hall–Kier alpha value is -3.23. The zero-order chi connectivity index (χ0) is 20.9. The lowest BCUT2D eigenvalue weighted by atomic mass is 10.3. The lowest BCUT2D eigenvalue weighted by Gasteiger charge is -2.07. The van der Waals surface area contributed by atoms with E-state index in [0.717, 1.165) is 5.52 Å². The van der Waals surface area contributed by atoms with Crippen LogP contribution in [0.4, 0.5) is 5.69 Å². The third kappa shape index (κ3) is 4.84. The van der Waals surface area contributed by atoms with E-state index >= 15 is 0 Å². The summed E-state index contributed by atoms with van der Waals surface area (Å²) in [5.74, 6) is 1.96. The summed E-state index contributed by atoms with van der Waals surface area (Å²) in [4.78, 5) is 23.9. The van der Waals surface area contributed by atoms with Gasteiger partial charge in [0.2, 0.25) is 5.91 Å². The van der Waals surface area contributed by atoms with E-state index in [-0.39, 0.29) is 11.7 Å². The molecule has 0 saturated carbocycles. The molecule has 9 heteroatoms. The molecule has 7 nitrogen and oxygen atoms in total. The van der Waals surface area contributed by atoms with E-state index in [1.165, 1.54) is 11.8 Å². The van der Waals surface area contributed by atoms with Crippen LogP contribution in [-0.4, -0.2) is 33.7 Å². The minimum atomic E-state index is -0.147. The lowest BCUT2D eigenvalue weighted by molar-refractivity contribution is -0.113. The van der Waals surface area contributed by atoms with Gasteiger partial charge in [0, 0.05) is 23.0 Å². The number of halogens is 1. The fourth-order valence-corrected chi connectivity index (χ4v) is 3.62. The number of hydrogen-bond acceptors (Lipinski definition) is 6. The third-order valence-corrected chi connectivity index (χ3v) is 5.16. The van der Waals surface area contributed by atoms with E-state index in [1.54, 1.807) is 62.0 Å². The molecule has 0 radical (unpaired) electrons. The quantitative estimate of drug-likeness (QED) is 0.386. The summed E-state index contributed by atoms with van der Waals surface area (Å²) in [5, 5.41) is 4.00. The molecule has 2 aromatic heterocycles. The van der Waals surface area contributed by atoms with Gasteiger partial charge in [-0.15, -0.1) is 0 Å². The zero-order valence-electron chi connectivity index (χ0n) is 15.9. The number of anilines is 1. The Labute approximate surface area is 181 Å². The van der Waals surface area contributed by atoms with Crippen molar-refractivity contribution in [2.45, 2.75) is 5.16 Å². The number of amides is 1. The number of fused-ring (bicyclic) bond motifs is 1. The molecule has 0 aliphatic rings. The minimum Gasteiger partial charge on any atom is -0.494 e. The Kier molecular flexibility index (Phi) is 6.06. The highest BCUT2D eigenvalue weighted by Crippen LogP contribution is 2.30. The number of nitrogens with zero attached hydrogens (tertiary/aromatic N) is 2. The van der Waals surface area contributed by atoms with Gasteiger partial charge in [-0.25, -0.2) is 4.98 Å².